The van der Waals surface area contributed by atoms with Gasteiger partial charge in [-0.25, -0.2) is 0 Å². The van der Waals surface area contributed by atoms with Crippen LogP contribution in [0.1, 0.15) is 34.8 Å². The van der Waals surface area contributed by atoms with Gasteiger partial charge in [0.25, 0.3) is 0 Å². The quantitative estimate of drug-likeness (QED) is 0.512. The third-order valence-electron chi connectivity index (χ3n) is 3.25. The molecular formula is C19H22O2S. The van der Waals surface area contributed by atoms with Crippen LogP contribution in [0.4, 0.5) is 0 Å². The first-order valence-corrected chi connectivity index (χ1v) is 8.74. The van der Waals surface area contributed by atoms with Crippen molar-refractivity contribution in [2.75, 3.05) is 11.5 Å². The Kier molecular flexibility index (Phi) is 6.53. The van der Waals surface area contributed by atoms with Gasteiger partial charge in [0.15, 0.2) is 5.78 Å². The molecule has 2 aromatic rings. The summed E-state index contributed by atoms with van der Waals surface area (Å²) in [7, 11) is 0. The minimum Gasteiger partial charge on any atom is -0.489 e. The second-order valence-electron chi connectivity index (χ2n) is 5.28. The van der Waals surface area contributed by atoms with Crippen molar-refractivity contribution < 1.29 is 9.53 Å². The van der Waals surface area contributed by atoms with Crippen LogP contribution >= 0.6 is 11.8 Å². The van der Waals surface area contributed by atoms with Gasteiger partial charge in [0.2, 0.25) is 0 Å². The molecule has 0 fully saturated rings. The summed E-state index contributed by atoms with van der Waals surface area (Å²) in [5.41, 5.74) is 3.13. The fraction of sp³-hybridized carbons (Fsp3) is 0.316. The largest absolute Gasteiger partial charge is 0.489 e. The molecule has 2 nitrogen and oxygen atoms in total. The molecule has 0 bridgehead atoms. The fourth-order valence-electron chi connectivity index (χ4n) is 2.10. The first-order valence-electron chi connectivity index (χ1n) is 7.58. The summed E-state index contributed by atoms with van der Waals surface area (Å²) in [6, 6.07) is 15.7. The Balaban J connectivity index is 1.87. The zero-order valence-corrected chi connectivity index (χ0v) is 14.0. The zero-order valence-electron chi connectivity index (χ0n) is 13.2. The molecule has 0 amide bonds. The summed E-state index contributed by atoms with van der Waals surface area (Å²) in [5, 5.41) is 0. The maximum absolute atomic E-state index is 12.0. The Hall–Kier alpha value is -1.74. The number of ketones is 1. The average Bonchev–Trinajstić information content (AvgIpc) is 2.54. The lowest BCUT2D eigenvalue weighted by Gasteiger charge is -2.08. The minimum atomic E-state index is 0.184. The number of carbonyl (C=O) groups is 1. The van der Waals surface area contributed by atoms with Crippen LogP contribution in [-0.4, -0.2) is 17.3 Å². The van der Waals surface area contributed by atoms with Gasteiger partial charge in [0.05, 0.1) is 5.75 Å². The van der Waals surface area contributed by atoms with Gasteiger partial charge in [0.1, 0.15) is 12.4 Å². The van der Waals surface area contributed by atoms with Crippen molar-refractivity contribution in [3.05, 3.63) is 65.2 Å². The van der Waals surface area contributed by atoms with Crippen molar-refractivity contribution in [2.45, 2.75) is 26.9 Å². The number of hydrogen-bond acceptors (Lipinski definition) is 3. The van der Waals surface area contributed by atoms with E-state index in [1.54, 1.807) is 11.8 Å². The molecule has 116 valence electrons. The van der Waals surface area contributed by atoms with Gasteiger partial charge in [-0.1, -0.05) is 36.8 Å². The molecule has 2 rings (SSSR count). The second kappa shape index (κ2) is 8.64. The molecule has 0 saturated carbocycles. The number of hydrogen-bond donors (Lipinski definition) is 0. The van der Waals surface area contributed by atoms with Crippen LogP contribution in [0.25, 0.3) is 0 Å². The van der Waals surface area contributed by atoms with Crippen LogP contribution in [0.3, 0.4) is 0 Å². The molecule has 0 aliphatic heterocycles. The van der Waals surface area contributed by atoms with Crippen molar-refractivity contribution in [3.63, 3.8) is 0 Å². The van der Waals surface area contributed by atoms with Gasteiger partial charge in [-0.15, -0.1) is 0 Å². The summed E-state index contributed by atoms with van der Waals surface area (Å²) in [5.74, 6) is 2.56. The van der Waals surface area contributed by atoms with Crippen LogP contribution in [-0.2, 0) is 6.61 Å². The number of aryl methyl sites for hydroxylation is 1. The molecule has 0 unspecified atom stereocenters. The van der Waals surface area contributed by atoms with Gasteiger partial charge in [-0.3, -0.25) is 4.79 Å². The van der Waals surface area contributed by atoms with Gasteiger partial charge >= 0.3 is 0 Å². The highest BCUT2D eigenvalue weighted by Crippen LogP contribution is 2.16. The molecule has 0 spiro atoms. The van der Waals surface area contributed by atoms with E-state index < -0.39 is 0 Å². The van der Waals surface area contributed by atoms with Gasteiger partial charge in [0, 0.05) is 5.56 Å². The maximum atomic E-state index is 12.0. The van der Waals surface area contributed by atoms with Crippen molar-refractivity contribution in [1.29, 1.82) is 0 Å². The molecule has 0 aliphatic carbocycles. The Bertz CT molecular complexity index is 605. The molecule has 0 aromatic heterocycles. The number of ether oxygens (including phenoxy) is 1. The lowest BCUT2D eigenvalue weighted by molar-refractivity contribution is 0.102. The normalized spacial score (nSPS) is 10.5. The number of benzene rings is 2. The second-order valence-corrected chi connectivity index (χ2v) is 6.38. The van der Waals surface area contributed by atoms with Gasteiger partial charge < -0.3 is 4.74 Å². The van der Waals surface area contributed by atoms with Crippen LogP contribution < -0.4 is 4.74 Å². The lowest BCUT2D eigenvalue weighted by atomic mass is 10.1. The highest BCUT2D eigenvalue weighted by molar-refractivity contribution is 7.99. The summed E-state index contributed by atoms with van der Waals surface area (Å²) in [4.78, 5) is 12.0. The molecule has 3 heteroatoms. The van der Waals surface area contributed by atoms with Crippen molar-refractivity contribution >= 4 is 17.5 Å². The third-order valence-corrected chi connectivity index (χ3v) is 4.41. The Morgan fingerprint density at radius 2 is 1.91 bits per heavy atom. The van der Waals surface area contributed by atoms with Crippen LogP contribution in [0.2, 0.25) is 0 Å². The minimum absolute atomic E-state index is 0.184. The van der Waals surface area contributed by atoms with Crippen LogP contribution in [0.5, 0.6) is 5.75 Å². The van der Waals surface area contributed by atoms with Gasteiger partial charge in [-0.2, -0.15) is 11.8 Å². The molecule has 0 N–H and O–H groups in total. The summed E-state index contributed by atoms with van der Waals surface area (Å²) >= 11 is 1.69. The number of rotatable bonds is 8. The van der Waals surface area contributed by atoms with Crippen LogP contribution in [0, 0.1) is 6.92 Å². The van der Waals surface area contributed by atoms with E-state index in [1.165, 1.54) is 5.56 Å². The molecule has 2 aromatic carbocycles. The first kappa shape index (κ1) is 16.6. The molecule has 0 radical (unpaired) electrons. The van der Waals surface area contributed by atoms with Gasteiger partial charge in [-0.05, 0) is 48.9 Å². The van der Waals surface area contributed by atoms with E-state index in [2.05, 4.69) is 32.0 Å². The maximum Gasteiger partial charge on any atom is 0.172 e. The predicted molar refractivity (Wildman–Crippen MR) is 93.9 cm³/mol. The molecule has 0 saturated heterocycles. The molecular weight excluding hydrogens is 292 g/mol. The number of thioether (sulfide) groups is 1. The molecule has 0 atom stereocenters. The highest BCUT2D eigenvalue weighted by Gasteiger charge is 2.06. The van der Waals surface area contributed by atoms with Crippen molar-refractivity contribution in [3.8, 4) is 5.75 Å². The zero-order chi connectivity index (χ0) is 15.8. The van der Waals surface area contributed by atoms with E-state index in [9.17, 15) is 4.79 Å². The summed E-state index contributed by atoms with van der Waals surface area (Å²) < 4.78 is 5.76. The average molecular weight is 314 g/mol. The summed E-state index contributed by atoms with van der Waals surface area (Å²) in [6.45, 7) is 4.74. The number of carbonyl (C=O) groups excluding carboxylic acids is 1. The van der Waals surface area contributed by atoms with E-state index in [-0.39, 0.29) is 5.78 Å². The van der Waals surface area contributed by atoms with E-state index >= 15 is 0 Å². The predicted octanol–water partition coefficient (Wildman–Crippen LogP) is 4.90. The fourth-order valence-corrected chi connectivity index (χ4v) is 2.88. The third kappa shape index (κ3) is 5.23. The number of Topliss-reactive ketones (excluding diaryl/α,β-unsaturated/α-hetero) is 1. The highest BCUT2D eigenvalue weighted by atomic mass is 32.2. The SMILES string of the molecule is CCCSCC(=O)c1ccc(OCc2cccc(C)c2)cc1. The Morgan fingerprint density at radius 3 is 2.59 bits per heavy atom. The van der Waals surface area contributed by atoms with Crippen molar-refractivity contribution in [2.24, 2.45) is 0 Å². The molecule has 0 aliphatic rings. The first-order chi connectivity index (χ1) is 10.7. The van der Waals surface area contributed by atoms with E-state index in [4.69, 9.17) is 4.74 Å². The monoisotopic (exact) mass is 314 g/mol. The summed E-state index contributed by atoms with van der Waals surface area (Å²) in [6.07, 6.45) is 1.10. The standard InChI is InChI=1S/C19H22O2S/c1-3-11-22-14-19(20)17-7-9-18(10-8-17)21-13-16-6-4-5-15(2)12-16/h4-10,12H,3,11,13-14H2,1-2H3. The smallest absolute Gasteiger partial charge is 0.172 e. The molecule has 0 heterocycles. The van der Waals surface area contributed by atoms with E-state index in [1.807, 2.05) is 30.3 Å². The lowest BCUT2D eigenvalue weighted by Crippen LogP contribution is -2.03. The Labute approximate surface area is 136 Å². The van der Waals surface area contributed by atoms with E-state index in [0.717, 1.165) is 29.1 Å². The topological polar surface area (TPSA) is 26.3 Å². The Morgan fingerprint density at radius 1 is 1.14 bits per heavy atom. The van der Waals surface area contributed by atoms with E-state index in [0.29, 0.717) is 12.4 Å². The molecule has 22 heavy (non-hydrogen) atoms. The van der Waals surface area contributed by atoms with Crippen molar-refractivity contribution in [1.82, 2.24) is 0 Å². The van der Waals surface area contributed by atoms with Crippen LogP contribution in [0.15, 0.2) is 48.5 Å².